The molecule has 1 atom stereocenters. The molecule has 0 aromatic heterocycles. The minimum atomic E-state index is -0.548. The molecule has 1 saturated carbocycles. The van der Waals surface area contributed by atoms with Crippen LogP contribution in [0.3, 0.4) is 0 Å². The summed E-state index contributed by atoms with van der Waals surface area (Å²) in [5.41, 5.74) is 1.12. The highest BCUT2D eigenvalue weighted by Crippen LogP contribution is 2.17. The molecule has 0 unspecified atom stereocenters. The van der Waals surface area contributed by atoms with Crippen molar-refractivity contribution in [2.24, 2.45) is 0 Å². The van der Waals surface area contributed by atoms with Crippen molar-refractivity contribution in [1.29, 1.82) is 0 Å². The Labute approximate surface area is 154 Å². The molecule has 2 aliphatic rings. The number of amides is 4. The van der Waals surface area contributed by atoms with E-state index >= 15 is 0 Å². The number of hydrogen-bond acceptors (Lipinski definition) is 3. The molecular formula is C20H27N3O3. The Kier molecular flexibility index (Phi) is 6.26. The zero-order valence-corrected chi connectivity index (χ0v) is 15.1. The van der Waals surface area contributed by atoms with Crippen molar-refractivity contribution >= 4 is 17.8 Å². The molecule has 1 aromatic carbocycles. The fourth-order valence-corrected chi connectivity index (χ4v) is 3.72. The third-order valence-electron chi connectivity index (χ3n) is 5.19. The summed E-state index contributed by atoms with van der Waals surface area (Å²) in [7, 11) is 0. The van der Waals surface area contributed by atoms with Gasteiger partial charge < -0.3 is 10.6 Å². The van der Waals surface area contributed by atoms with Crippen LogP contribution in [0.5, 0.6) is 0 Å². The number of nitrogens with zero attached hydrogens (tertiary/aromatic N) is 1. The Hall–Kier alpha value is -2.37. The molecule has 1 aromatic rings. The molecular weight excluding hydrogens is 330 g/mol. The lowest BCUT2D eigenvalue weighted by atomic mass is 10.1. The summed E-state index contributed by atoms with van der Waals surface area (Å²) in [6, 6.07) is 9.00. The van der Waals surface area contributed by atoms with Crippen LogP contribution >= 0.6 is 0 Å². The zero-order chi connectivity index (χ0) is 18.4. The van der Waals surface area contributed by atoms with Gasteiger partial charge >= 0.3 is 6.03 Å². The third kappa shape index (κ3) is 4.84. The number of imide groups is 1. The van der Waals surface area contributed by atoms with Crippen molar-refractivity contribution in [3.63, 3.8) is 0 Å². The molecule has 2 N–H and O–H groups in total. The number of carbonyl (C=O) groups is 3. The van der Waals surface area contributed by atoms with E-state index in [0.717, 1.165) is 36.1 Å². The molecule has 0 spiro atoms. The maximum Gasteiger partial charge on any atom is 0.325 e. The van der Waals surface area contributed by atoms with Crippen molar-refractivity contribution in [3.05, 3.63) is 35.9 Å². The second kappa shape index (κ2) is 8.83. The minimum absolute atomic E-state index is 0.166. The Morgan fingerprint density at radius 1 is 1.08 bits per heavy atom. The van der Waals surface area contributed by atoms with Crippen LogP contribution < -0.4 is 10.6 Å². The van der Waals surface area contributed by atoms with Crippen molar-refractivity contribution in [2.75, 3.05) is 6.54 Å². The Balaban J connectivity index is 1.49. The van der Waals surface area contributed by atoms with Gasteiger partial charge in [-0.2, -0.15) is 0 Å². The topological polar surface area (TPSA) is 78.5 Å². The van der Waals surface area contributed by atoms with Crippen LogP contribution in [0, 0.1) is 0 Å². The van der Waals surface area contributed by atoms with Crippen molar-refractivity contribution in [1.82, 2.24) is 15.5 Å². The fourth-order valence-electron chi connectivity index (χ4n) is 3.72. The van der Waals surface area contributed by atoms with Gasteiger partial charge in [0.15, 0.2) is 0 Å². The summed E-state index contributed by atoms with van der Waals surface area (Å²) >= 11 is 0. The van der Waals surface area contributed by atoms with Gasteiger partial charge in [0.2, 0.25) is 5.91 Å². The van der Waals surface area contributed by atoms with Gasteiger partial charge in [0.1, 0.15) is 12.6 Å². The summed E-state index contributed by atoms with van der Waals surface area (Å²) in [4.78, 5) is 37.9. The van der Waals surface area contributed by atoms with Gasteiger partial charge in [-0.25, -0.2) is 4.79 Å². The van der Waals surface area contributed by atoms with Crippen LogP contribution in [-0.4, -0.2) is 41.4 Å². The number of rotatable bonds is 6. The van der Waals surface area contributed by atoms with E-state index < -0.39 is 12.1 Å². The summed E-state index contributed by atoms with van der Waals surface area (Å²) in [5, 5.41) is 5.69. The molecule has 1 aliphatic carbocycles. The maximum absolute atomic E-state index is 12.5. The van der Waals surface area contributed by atoms with E-state index in [1.807, 2.05) is 30.3 Å². The quantitative estimate of drug-likeness (QED) is 0.606. The number of nitrogens with one attached hydrogen (secondary N) is 2. The Morgan fingerprint density at radius 2 is 1.77 bits per heavy atom. The number of aryl methyl sites for hydroxylation is 1. The third-order valence-corrected chi connectivity index (χ3v) is 5.19. The van der Waals surface area contributed by atoms with Gasteiger partial charge in [-0.1, -0.05) is 56.0 Å². The lowest BCUT2D eigenvalue weighted by Crippen LogP contribution is -2.44. The van der Waals surface area contributed by atoms with Crippen LogP contribution in [0.25, 0.3) is 0 Å². The van der Waals surface area contributed by atoms with Crippen LogP contribution in [0.4, 0.5) is 4.79 Å². The number of carbonyl (C=O) groups excluding carboxylic acids is 3. The second-order valence-electron chi connectivity index (χ2n) is 7.21. The standard InChI is InChI=1S/C20H27N3O3/c24-18(21-16-10-6-1-2-7-11-16)14-23-19(25)17(22-20(23)26)13-12-15-8-4-3-5-9-15/h3-5,8-9,16-17H,1-2,6-7,10-14H2,(H,21,24)(H,22,26)/t17-/m1/s1. The maximum atomic E-state index is 12.5. The number of benzene rings is 1. The first-order valence-corrected chi connectivity index (χ1v) is 9.58. The van der Waals surface area contributed by atoms with Crippen LogP contribution in [0.15, 0.2) is 30.3 Å². The van der Waals surface area contributed by atoms with E-state index in [-0.39, 0.29) is 24.4 Å². The Bertz CT molecular complexity index is 639. The lowest BCUT2D eigenvalue weighted by molar-refractivity contribution is -0.132. The SMILES string of the molecule is O=C(CN1C(=O)N[C@H](CCc2ccccc2)C1=O)NC1CCCCCC1. The van der Waals surface area contributed by atoms with E-state index in [0.29, 0.717) is 12.8 Å². The molecule has 3 rings (SSSR count). The van der Waals surface area contributed by atoms with E-state index in [2.05, 4.69) is 10.6 Å². The normalized spacial score (nSPS) is 21.4. The highest BCUT2D eigenvalue weighted by molar-refractivity contribution is 6.06. The monoisotopic (exact) mass is 357 g/mol. The molecule has 26 heavy (non-hydrogen) atoms. The smallest absolute Gasteiger partial charge is 0.325 e. The summed E-state index contributed by atoms with van der Waals surface area (Å²) < 4.78 is 0. The van der Waals surface area contributed by atoms with Crippen molar-refractivity contribution in [3.8, 4) is 0 Å². The first kappa shape index (κ1) is 18.4. The molecule has 1 aliphatic heterocycles. The minimum Gasteiger partial charge on any atom is -0.352 e. The van der Waals surface area contributed by atoms with E-state index in [1.165, 1.54) is 12.8 Å². The first-order chi connectivity index (χ1) is 12.6. The lowest BCUT2D eigenvalue weighted by Gasteiger charge is -2.18. The van der Waals surface area contributed by atoms with Gasteiger partial charge in [-0.05, 0) is 31.2 Å². The number of urea groups is 1. The zero-order valence-electron chi connectivity index (χ0n) is 15.1. The average molecular weight is 357 g/mol. The predicted molar refractivity (Wildman–Crippen MR) is 98.4 cm³/mol. The van der Waals surface area contributed by atoms with E-state index in [9.17, 15) is 14.4 Å². The fraction of sp³-hybridized carbons (Fsp3) is 0.550. The van der Waals surface area contributed by atoms with Gasteiger partial charge in [0, 0.05) is 6.04 Å². The van der Waals surface area contributed by atoms with Gasteiger partial charge in [0.25, 0.3) is 5.91 Å². The highest BCUT2D eigenvalue weighted by Gasteiger charge is 2.38. The summed E-state index contributed by atoms with van der Waals surface area (Å²) in [5.74, 6) is -0.550. The van der Waals surface area contributed by atoms with E-state index in [1.54, 1.807) is 0 Å². The molecule has 0 radical (unpaired) electrons. The second-order valence-corrected chi connectivity index (χ2v) is 7.21. The van der Waals surface area contributed by atoms with Gasteiger partial charge in [0.05, 0.1) is 0 Å². The molecule has 2 fully saturated rings. The Morgan fingerprint density at radius 3 is 2.46 bits per heavy atom. The summed E-state index contributed by atoms with van der Waals surface area (Å²) in [6.07, 6.45) is 7.86. The average Bonchev–Trinajstić information content (AvgIpc) is 2.83. The number of hydrogen-bond donors (Lipinski definition) is 2. The van der Waals surface area contributed by atoms with Crippen LogP contribution in [-0.2, 0) is 16.0 Å². The molecule has 6 nitrogen and oxygen atoms in total. The van der Waals surface area contributed by atoms with Crippen molar-refractivity contribution in [2.45, 2.75) is 63.5 Å². The van der Waals surface area contributed by atoms with Crippen LogP contribution in [0.2, 0.25) is 0 Å². The molecule has 0 bridgehead atoms. The van der Waals surface area contributed by atoms with Gasteiger partial charge in [-0.15, -0.1) is 0 Å². The van der Waals surface area contributed by atoms with Crippen LogP contribution in [0.1, 0.15) is 50.5 Å². The predicted octanol–water partition coefficient (Wildman–Crippen LogP) is 2.38. The van der Waals surface area contributed by atoms with Gasteiger partial charge in [-0.3, -0.25) is 14.5 Å². The van der Waals surface area contributed by atoms with E-state index in [4.69, 9.17) is 0 Å². The van der Waals surface area contributed by atoms with Crippen molar-refractivity contribution < 1.29 is 14.4 Å². The molecule has 4 amide bonds. The molecule has 1 saturated heterocycles. The highest BCUT2D eigenvalue weighted by atomic mass is 16.2. The largest absolute Gasteiger partial charge is 0.352 e. The first-order valence-electron chi connectivity index (χ1n) is 9.58. The molecule has 1 heterocycles. The molecule has 140 valence electrons. The summed E-state index contributed by atoms with van der Waals surface area (Å²) in [6.45, 7) is -0.191. The molecule has 6 heteroatoms.